The number of rotatable bonds is 5. The van der Waals surface area contributed by atoms with E-state index in [1.165, 1.54) is 24.5 Å². The van der Waals surface area contributed by atoms with Crippen LogP contribution in [0.2, 0.25) is 0 Å². The minimum atomic E-state index is -0.162. The van der Waals surface area contributed by atoms with Crippen molar-refractivity contribution in [1.29, 1.82) is 0 Å². The second kappa shape index (κ2) is 4.49. The molecule has 2 nitrogen and oxygen atoms in total. The number of nitrogens with one attached hydrogen (secondary N) is 2. The molecule has 0 unspecified atom stereocenters. The molecule has 2 aromatic rings. The molecular weight excluding hydrogens is 215 g/mol. The van der Waals surface area contributed by atoms with Gasteiger partial charge in [0, 0.05) is 17.6 Å². The predicted octanol–water partition coefficient (Wildman–Crippen LogP) is 2.99. The van der Waals surface area contributed by atoms with Gasteiger partial charge in [-0.3, -0.25) is 0 Å². The molecule has 1 fully saturated rings. The van der Waals surface area contributed by atoms with Crippen molar-refractivity contribution in [3.63, 3.8) is 0 Å². The van der Waals surface area contributed by atoms with Gasteiger partial charge < -0.3 is 10.3 Å². The monoisotopic (exact) mass is 232 g/mol. The molecule has 0 amide bonds. The van der Waals surface area contributed by atoms with E-state index in [-0.39, 0.29) is 5.82 Å². The lowest BCUT2D eigenvalue weighted by Gasteiger charge is -2.02. The van der Waals surface area contributed by atoms with E-state index in [0.717, 1.165) is 30.8 Å². The van der Waals surface area contributed by atoms with Crippen molar-refractivity contribution in [1.82, 2.24) is 10.3 Å². The van der Waals surface area contributed by atoms with E-state index < -0.39 is 0 Å². The first-order valence-electron chi connectivity index (χ1n) is 6.32. The number of benzene rings is 1. The van der Waals surface area contributed by atoms with Crippen molar-refractivity contribution in [3.8, 4) is 0 Å². The van der Waals surface area contributed by atoms with Crippen LogP contribution in [0.3, 0.4) is 0 Å². The molecule has 2 N–H and O–H groups in total. The molecule has 0 radical (unpaired) electrons. The number of H-pyrrole nitrogens is 1. The highest BCUT2D eigenvalue weighted by atomic mass is 19.1. The first kappa shape index (κ1) is 10.8. The number of aryl methyl sites for hydroxylation is 1. The number of hydrogen-bond donors (Lipinski definition) is 2. The van der Waals surface area contributed by atoms with Crippen LogP contribution in [-0.2, 0) is 6.42 Å². The molecule has 0 bridgehead atoms. The zero-order valence-electron chi connectivity index (χ0n) is 9.80. The fourth-order valence-corrected chi connectivity index (χ4v) is 2.25. The summed E-state index contributed by atoms with van der Waals surface area (Å²) in [5.74, 6) is -0.162. The molecule has 90 valence electrons. The Morgan fingerprint density at radius 1 is 1.35 bits per heavy atom. The van der Waals surface area contributed by atoms with Crippen molar-refractivity contribution in [2.45, 2.75) is 31.7 Å². The van der Waals surface area contributed by atoms with Crippen LogP contribution in [0.4, 0.5) is 4.39 Å². The Kier molecular flexibility index (Phi) is 2.85. The van der Waals surface area contributed by atoms with Crippen molar-refractivity contribution in [2.75, 3.05) is 6.54 Å². The summed E-state index contributed by atoms with van der Waals surface area (Å²) in [6.07, 6.45) is 6.71. The molecule has 1 saturated carbocycles. The SMILES string of the molecule is Fc1cccc2c(CCCNC3CC3)c[nH]c12. The minimum absolute atomic E-state index is 0.162. The van der Waals surface area contributed by atoms with E-state index in [0.29, 0.717) is 5.52 Å². The Bertz CT molecular complexity index is 514. The maximum atomic E-state index is 13.5. The minimum Gasteiger partial charge on any atom is -0.359 e. The van der Waals surface area contributed by atoms with Crippen LogP contribution >= 0.6 is 0 Å². The quantitative estimate of drug-likeness (QED) is 0.762. The van der Waals surface area contributed by atoms with Gasteiger partial charge in [0.2, 0.25) is 0 Å². The second-order valence-electron chi connectivity index (χ2n) is 4.81. The molecular formula is C14H17FN2. The zero-order chi connectivity index (χ0) is 11.7. The fourth-order valence-electron chi connectivity index (χ4n) is 2.25. The molecule has 3 heteroatoms. The van der Waals surface area contributed by atoms with Gasteiger partial charge in [-0.25, -0.2) is 4.39 Å². The largest absolute Gasteiger partial charge is 0.359 e. The Morgan fingerprint density at radius 3 is 3.06 bits per heavy atom. The predicted molar refractivity (Wildman–Crippen MR) is 67.6 cm³/mol. The molecule has 0 aliphatic heterocycles. The van der Waals surface area contributed by atoms with E-state index in [2.05, 4.69) is 10.3 Å². The standard InChI is InChI=1S/C14H17FN2/c15-13-5-1-4-12-10(9-17-14(12)13)3-2-8-16-11-6-7-11/h1,4-5,9,11,16-17H,2-3,6-8H2. The van der Waals surface area contributed by atoms with Gasteiger partial charge in [-0.05, 0) is 43.9 Å². The van der Waals surface area contributed by atoms with E-state index in [1.807, 2.05) is 12.3 Å². The molecule has 1 aromatic heterocycles. The van der Waals surface area contributed by atoms with E-state index in [9.17, 15) is 4.39 Å². The topological polar surface area (TPSA) is 27.8 Å². The molecule has 0 atom stereocenters. The van der Waals surface area contributed by atoms with Crippen LogP contribution in [0, 0.1) is 5.82 Å². The number of hydrogen-bond acceptors (Lipinski definition) is 1. The first-order valence-corrected chi connectivity index (χ1v) is 6.32. The van der Waals surface area contributed by atoms with Gasteiger partial charge in [-0.15, -0.1) is 0 Å². The summed E-state index contributed by atoms with van der Waals surface area (Å²) in [7, 11) is 0. The van der Waals surface area contributed by atoms with Gasteiger partial charge in [-0.2, -0.15) is 0 Å². The molecule has 1 aliphatic rings. The van der Waals surface area contributed by atoms with E-state index in [4.69, 9.17) is 0 Å². The van der Waals surface area contributed by atoms with Crippen molar-refractivity contribution in [2.24, 2.45) is 0 Å². The van der Waals surface area contributed by atoms with Gasteiger partial charge >= 0.3 is 0 Å². The summed E-state index contributed by atoms with van der Waals surface area (Å²) in [6.45, 7) is 1.06. The Hall–Kier alpha value is -1.35. The number of aromatic nitrogens is 1. The average molecular weight is 232 g/mol. The van der Waals surface area contributed by atoms with E-state index >= 15 is 0 Å². The lowest BCUT2D eigenvalue weighted by atomic mass is 10.1. The average Bonchev–Trinajstić information content (AvgIpc) is 3.06. The maximum Gasteiger partial charge on any atom is 0.147 e. The summed E-state index contributed by atoms with van der Waals surface area (Å²) in [4.78, 5) is 3.02. The van der Waals surface area contributed by atoms with E-state index in [1.54, 1.807) is 6.07 Å². The third kappa shape index (κ3) is 2.34. The third-order valence-electron chi connectivity index (χ3n) is 3.38. The molecule has 0 saturated heterocycles. The summed E-state index contributed by atoms with van der Waals surface area (Å²) in [5.41, 5.74) is 1.86. The van der Waals surface area contributed by atoms with Gasteiger partial charge in [0.05, 0.1) is 5.52 Å². The molecule has 1 aliphatic carbocycles. The first-order chi connectivity index (χ1) is 8.34. The molecule has 0 spiro atoms. The van der Waals surface area contributed by atoms with Crippen LogP contribution in [0.15, 0.2) is 24.4 Å². The van der Waals surface area contributed by atoms with Crippen LogP contribution in [-0.4, -0.2) is 17.6 Å². The fraction of sp³-hybridized carbons (Fsp3) is 0.429. The molecule has 17 heavy (non-hydrogen) atoms. The summed E-state index contributed by atoms with van der Waals surface area (Å²) < 4.78 is 13.5. The smallest absolute Gasteiger partial charge is 0.147 e. The third-order valence-corrected chi connectivity index (χ3v) is 3.38. The zero-order valence-corrected chi connectivity index (χ0v) is 9.80. The van der Waals surface area contributed by atoms with Gasteiger partial charge in [0.1, 0.15) is 5.82 Å². The van der Waals surface area contributed by atoms with Crippen LogP contribution in [0.5, 0.6) is 0 Å². The highest BCUT2D eigenvalue weighted by Gasteiger charge is 2.19. The summed E-state index contributed by atoms with van der Waals surface area (Å²) in [5, 5.41) is 4.52. The normalized spacial score (nSPS) is 15.6. The number of aromatic amines is 1. The van der Waals surface area contributed by atoms with Gasteiger partial charge in [-0.1, -0.05) is 12.1 Å². The molecule has 1 heterocycles. The lowest BCUT2D eigenvalue weighted by molar-refractivity contribution is 0.637. The summed E-state index contributed by atoms with van der Waals surface area (Å²) >= 11 is 0. The van der Waals surface area contributed by atoms with Crippen LogP contribution < -0.4 is 5.32 Å². The lowest BCUT2D eigenvalue weighted by Crippen LogP contribution is -2.17. The molecule has 3 rings (SSSR count). The van der Waals surface area contributed by atoms with Gasteiger partial charge in [0.15, 0.2) is 0 Å². The van der Waals surface area contributed by atoms with Crippen molar-refractivity contribution >= 4 is 10.9 Å². The highest BCUT2D eigenvalue weighted by molar-refractivity contribution is 5.83. The second-order valence-corrected chi connectivity index (χ2v) is 4.81. The van der Waals surface area contributed by atoms with Gasteiger partial charge in [0.25, 0.3) is 0 Å². The van der Waals surface area contributed by atoms with Crippen molar-refractivity contribution in [3.05, 3.63) is 35.8 Å². The van der Waals surface area contributed by atoms with Crippen LogP contribution in [0.25, 0.3) is 10.9 Å². The highest BCUT2D eigenvalue weighted by Crippen LogP contribution is 2.22. The van der Waals surface area contributed by atoms with Crippen LogP contribution in [0.1, 0.15) is 24.8 Å². The number of fused-ring (bicyclic) bond motifs is 1. The maximum absolute atomic E-state index is 13.5. The van der Waals surface area contributed by atoms with Crippen molar-refractivity contribution < 1.29 is 4.39 Å². The Balaban J connectivity index is 1.65. The molecule has 1 aromatic carbocycles. The number of halogens is 1. The summed E-state index contributed by atoms with van der Waals surface area (Å²) in [6, 6.07) is 6.03. The Morgan fingerprint density at radius 2 is 2.24 bits per heavy atom. The Labute approximate surface area is 100 Å². The number of para-hydroxylation sites is 1.